The number of aromatic nitrogens is 2. The van der Waals surface area contributed by atoms with Gasteiger partial charge in [-0.25, -0.2) is 0 Å². The van der Waals surface area contributed by atoms with Crippen LogP contribution in [0.3, 0.4) is 0 Å². The number of fused-ring (bicyclic) bond motifs is 10. The Morgan fingerprint density at radius 3 is 2.22 bits per heavy atom. The van der Waals surface area contributed by atoms with Crippen molar-refractivity contribution in [3.63, 3.8) is 0 Å². The van der Waals surface area contributed by atoms with Gasteiger partial charge in [-0.2, -0.15) is 10.5 Å². The highest BCUT2D eigenvalue weighted by Gasteiger charge is 2.22. The normalized spacial score (nSPS) is 13.0. The first kappa shape index (κ1) is 28.0. The molecule has 6 aromatic carbocycles. The third-order valence-electron chi connectivity index (χ3n) is 9.99. The summed E-state index contributed by atoms with van der Waals surface area (Å²) in [5, 5.41) is 26.5. The van der Waals surface area contributed by atoms with E-state index in [4.69, 9.17) is 4.42 Å². The fourth-order valence-electron chi connectivity index (χ4n) is 7.85. The Kier molecular flexibility index (Phi) is 6.00. The molecule has 0 radical (unpaired) electrons. The third-order valence-corrected chi connectivity index (χ3v) is 9.99. The maximum atomic E-state index is 10.5. The highest BCUT2D eigenvalue weighted by molar-refractivity contribution is 6.22. The Bertz CT molecular complexity index is 3090. The molecular formula is C45H26N4O. The first-order chi connectivity index (χ1) is 24.7. The van der Waals surface area contributed by atoms with Crippen molar-refractivity contribution in [2.45, 2.75) is 6.42 Å². The number of hydrogen-bond acceptors (Lipinski definition) is 3. The Balaban J connectivity index is 1.26. The average molecular weight is 639 g/mol. The van der Waals surface area contributed by atoms with Crippen LogP contribution in [0.5, 0.6) is 0 Å². The predicted molar refractivity (Wildman–Crippen MR) is 203 cm³/mol. The molecule has 0 fully saturated rings. The largest absolute Gasteiger partial charge is 0.454 e. The van der Waals surface area contributed by atoms with Gasteiger partial charge in [0.15, 0.2) is 5.58 Å². The van der Waals surface area contributed by atoms with E-state index in [2.05, 4.69) is 118 Å². The minimum Gasteiger partial charge on any atom is -0.454 e. The van der Waals surface area contributed by atoms with Gasteiger partial charge in [0, 0.05) is 43.6 Å². The van der Waals surface area contributed by atoms with E-state index in [-0.39, 0.29) is 0 Å². The standard InChI is InChI=1S/C45H26N4O/c46-26-28-18-22-40-36(24-28)33-14-6-8-16-39(33)49(40)41-17-9-10-30(27-47)43(41)29-19-23-42-37(25-29)35-21-20-34-32-13-5-7-15-38(32)48(44(34)45(35)50-42)31-11-3-1-2-4-12-31/h1,3-25H,2H2. The fourth-order valence-corrected chi connectivity index (χ4v) is 7.85. The number of allylic oxidation sites excluding steroid dienone is 6. The van der Waals surface area contributed by atoms with Gasteiger partial charge in [0.05, 0.1) is 51.0 Å². The molecule has 9 aromatic rings. The highest BCUT2D eigenvalue weighted by atomic mass is 16.3. The molecule has 50 heavy (non-hydrogen) atoms. The zero-order chi connectivity index (χ0) is 33.3. The number of rotatable bonds is 3. The van der Waals surface area contributed by atoms with Gasteiger partial charge >= 0.3 is 0 Å². The Labute approximate surface area is 286 Å². The van der Waals surface area contributed by atoms with Crippen molar-refractivity contribution in [2.75, 3.05) is 0 Å². The summed E-state index contributed by atoms with van der Waals surface area (Å²) in [5.74, 6) is 0. The van der Waals surface area contributed by atoms with E-state index in [0.717, 1.165) is 89.1 Å². The van der Waals surface area contributed by atoms with Crippen LogP contribution in [0.15, 0.2) is 150 Å². The molecule has 0 aliphatic heterocycles. The van der Waals surface area contributed by atoms with Crippen LogP contribution in [0.25, 0.3) is 88.1 Å². The van der Waals surface area contributed by atoms with Crippen molar-refractivity contribution in [3.05, 3.63) is 157 Å². The lowest BCUT2D eigenvalue weighted by Gasteiger charge is -2.15. The van der Waals surface area contributed by atoms with Gasteiger partial charge < -0.3 is 13.6 Å². The molecule has 0 amide bonds. The van der Waals surface area contributed by atoms with Gasteiger partial charge in [0.25, 0.3) is 0 Å². The van der Waals surface area contributed by atoms with Crippen LogP contribution < -0.4 is 0 Å². The number of nitrogens with zero attached hydrogens (tertiary/aromatic N) is 4. The second kappa shape index (κ2) is 10.7. The minimum absolute atomic E-state index is 0.580. The molecule has 0 saturated heterocycles. The monoisotopic (exact) mass is 638 g/mol. The molecule has 1 aliphatic carbocycles. The summed E-state index contributed by atoms with van der Waals surface area (Å²) in [6.45, 7) is 0. The molecule has 3 heterocycles. The maximum Gasteiger partial charge on any atom is 0.160 e. The van der Waals surface area contributed by atoms with Gasteiger partial charge in [0.1, 0.15) is 5.58 Å². The van der Waals surface area contributed by atoms with Crippen molar-refractivity contribution in [1.29, 1.82) is 10.5 Å². The van der Waals surface area contributed by atoms with E-state index < -0.39 is 0 Å². The first-order valence-electron chi connectivity index (χ1n) is 16.6. The Morgan fingerprint density at radius 2 is 1.38 bits per heavy atom. The second-order valence-corrected chi connectivity index (χ2v) is 12.7. The van der Waals surface area contributed by atoms with Crippen molar-refractivity contribution < 1.29 is 4.42 Å². The summed E-state index contributed by atoms with van der Waals surface area (Å²) >= 11 is 0. The Morgan fingerprint density at radius 1 is 0.600 bits per heavy atom. The molecule has 0 atom stereocenters. The molecule has 5 nitrogen and oxygen atoms in total. The zero-order valence-corrected chi connectivity index (χ0v) is 26.8. The number of nitriles is 2. The molecule has 0 unspecified atom stereocenters. The van der Waals surface area contributed by atoms with Crippen LogP contribution in [-0.4, -0.2) is 9.13 Å². The molecule has 10 rings (SSSR count). The number of para-hydroxylation sites is 2. The van der Waals surface area contributed by atoms with Crippen LogP contribution in [-0.2, 0) is 0 Å². The highest BCUT2D eigenvalue weighted by Crippen LogP contribution is 2.43. The summed E-state index contributed by atoms with van der Waals surface area (Å²) in [6.07, 6.45) is 11.7. The molecule has 0 N–H and O–H groups in total. The van der Waals surface area contributed by atoms with E-state index in [1.54, 1.807) is 0 Å². The van der Waals surface area contributed by atoms with Crippen molar-refractivity contribution in [3.8, 4) is 29.0 Å². The molecule has 0 spiro atoms. The van der Waals surface area contributed by atoms with Gasteiger partial charge in [-0.15, -0.1) is 0 Å². The lowest BCUT2D eigenvalue weighted by molar-refractivity contribution is 0.671. The summed E-state index contributed by atoms with van der Waals surface area (Å²) in [6, 6.07) is 43.8. The van der Waals surface area contributed by atoms with Gasteiger partial charge in [-0.05, 0) is 84.8 Å². The van der Waals surface area contributed by atoms with Crippen molar-refractivity contribution in [1.82, 2.24) is 9.13 Å². The lowest BCUT2D eigenvalue weighted by Crippen LogP contribution is -1.99. The first-order valence-corrected chi connectivity index (χ1v) is 16.6. The van der Waals surface area contributed by atoms with Crippen LogP contribution in [0.2, 0.25) is 0 Å². The third kappa shape index (κ3) is 3.92. The minimum atomic E-state index is 0.580. The van der Waals surface area contributed by atoms with E-state index in [1.165, 1.54) is 5.39 Å². The van der Waals surface area contributed by atoms with Gasteiger partial charge in [-0.1, -0.05) is 72.8 Å². The van der Waals surface area contributed by atoms with Crippen LogP contribution >= 0.6 is 0 Å². The van der Waals surface area contributed by atoms with E-state index >= 15 is 0 Å². The van der Waals surface area contributed by atoms with E-state index in [1.807, 2.05) is 48.5 Å². The average Bonchev–Trinajstić information content (AvgIpc) is 3.73. The lowest BCUT2D eigenvalue weighted by atomic mass is 9.96. The maximum absolute atomic E-state index is 10.5. The van der Waals surface area contributed by atoms with Gasteiger partial charge in [-0.3, -0.25) is 0 Å². The molecule has 0 saturated carbocycles. The number of benzene rings is 6. The number of furan rings is 1. The summed E-state index contributed by atoms with van der Waals surface area (Å²) < 4.78 is 11.3. The zero-order valence-electron chi connectivity index (χ0n) is 26.8. The van der Waals surface area contributed by atoms with Crippen molar-refractivity contribution >= 4 is 71.2 Å². The molecule has 3 aromatic heterocycles. The quantitative estimate of drug-likeness (QED) is 0.193. The van der Waals surface area contributed by atoms with Crippen LogP contribution in [0, 0.1) is 22.7 Å². The Hall–Kier alpha value is -7.08. The second-order valence-electron chi connectivity index (χ2n) is 12.7. The van der Waals surface area contributed by atoms with Gasteiger partial charge in [0.2, 0.25) is 0 Å². The van der Waals surface area contributed by atoms with E-state index in [0.29, 0.717) is 11.1 Å². The van der Waals surface area contributed by atoms with Crippen LogP contribution in [0.4, 0.5) is 0 Å². The summed E-state index contributed by atoms with van der Waals surface area (Å²) in [4.78, 5) is 0. The molecular weight excluding hydrogens is 613 g/mol. The summed E-state index contributed by atoms with van der Waals surface area (Å²) in [7, 11) is 0. The van der Waals surface area contributed by atoms with Crippen LogP contribution in [0.1, 0.15) is 17.5 Å². The smallest absolute Gasteiger partial charge is 0.160 e. The molecule has 1 aliphatic rings. The van der Waals surface area contributed by atoms with Crippen molar-refractivity contribution in [2.24, 2.45) is 0 Å². The predicted octanol–water partition coefficient (Wildman–Crippen LogP) is 11.6. The fraction of sp³-hybridized carbons (Fsp3) is 0.0222. The molecule has 5 heteroatoms. The summed E-state index contributed by atoms with van der Waals surface area (Å²) in [5.41, 5.74) is 10.7. The molecule has 0 bridgehead atoms. The number of hydrogen-bond donors (Lipinski definition) is 0. The SMILES string of the molecule is N#Cc1ccc2c(c1)c1ccccc1n2-c1cccc(C#N)c1-c1ccc2oc3c(ccc4c5ccccc5n(C5=CC=CCC=C5)c43)c2c1. The van der Waals surface area contributed by atoms with E-state index in [9.17, 15) is 10.5 Å². The molecule has 232 valence electrons. The topological polar surface area (TPSA) is 70.6 Å².